The number of aliphatic imine (C=N–C) groups is 1. The van der Waals surface area contributed by atoms with Crippen LogP contribution in [0.1, 0.15) is 35.8 Å². The van der Waals surface area contributed by atoms with E-state index in [9.17, 15) is 8.42 Å². The number of sulfone groups is 1. The maximum absolute atomic E-state index is 11.3. The highest BCUT2D eigenvalue weighted by molar-refractivity contribution is 14.0. The molecule has 0 radical (unpaired) electrons. The SMILES string of the molecule is CN=C(NCc1nc(C)c(C)s1)NCC(C)(C)CCS(C)(=O)=O.I. The van der Waals surface area contributed by atoms with Crippen LogP contribution in [0.3, 0.4) is 0 Å². The molecule has 0 saturated carbocycles. The molecule has 0 saturated heterocycles. The Hall–Kier alpha value is -0.420. The van der Waals surface area contributed by atoms with Crippen LogP contribution in [0.2, 0.25) is 0 Å². The molecule has 0 aliphatic carbocycles. The molecular weight excluding hydrogens is 459 g/mol. The van der Waals surface area contributed by atoms with Gasteiger partial charge in [-0.05, 0) is 25.7 Å². The van der Waals surface area contributed by atoms with E-state index in [0.29, 0.717) is 25.5 Å². The van der Waals surface area contributed by atoms with Crippen LogP contribution < -0.4 is 10.6 Å². The Morgan fingerprint density at radius 1 is 1.29 bits per heavy atom. The average Bonchev–Trinajstić information content (AvgIpc) is 2.75. The third-order valence-electron chi connectivity index (χ3n) is 3.59. The van der Waals surface area contributed by atoms with E-state index in [-0.39, 0.29) is 35.1 Å². The minimum absolute atomic E-state index is 0. The molecule has 0 unspecified atom stereocenters. The van der Waals surface area contributed by atoms with Crippen molar-refractivity contribution in [2.24, 2.45) is 10.4 Å². The van der Waals surface area contributed by atoms with Crippen molar-refractivity contribution in [3.63, 3.8) is 0 Å². The van der Waals surface area contributed by atoms with Crippen molar-refractivity contribution >= 4 is 51.1 Å². The number of hydrogen-bond donors (Lipinski definition) is 2. The van der Waals surface area contributed by atoms with Crippen LogP contribution in [-0.4, -0.2) is 45.0 Å². The third kappa shape index (κ3) is 9.16. The van der Waals surface area contributed by atoms with E-state index in [4.69, 9.17) is 0 Å². The molecule has 0 fully saturated rings. The monoisotopic (exact) mass is 488 g/mol. The molecular formula is C15H29IN4O2S2. The summed E-state index contributed by atoms with van der Waals surface area (Å²) in [5, 5.41) is 7.53. The molecule has 0 aliphatic heterocycles. The minimum atomic E-state index is -2.93. The molecule has 0 bridgehead atoms. The molecule has 1 aromatic heterocycles. The fourth-order valence-corrected chi connectivity index (χ4v) is 3.66. The van der Waals surface area contributed by atoms with Crippen LogP contribution in [0.4, 0.5) is 0 Å². The molecule has 6 nitrogen and oxygen atoms in total. The number of nitrogens with one attached hydrogen (secondary N) is 2. The number of rotatable bonds is 7. The standard InChI is InChI=1S/C15H28N4O2S2.HI/c1-11-12(2)22-13(19-11)9-17-14(16-5)18-10-15(3,4)7-8-23(6,20)21;/h7-10H2,1-6H3,(H2,16,17,18);1H. The van der Waals surface area contributed by atoms with Crippen LogP contribution in [-0.2, 0) is 16.4 Å². The van der Waals surface area contributed by atoms with Crippen LogP contribution in [0.15, 0.2) is 4.99 Å². The van der Waals surface area contributed by atoms with Crippen molar-refractivity contribution in [1.29, 1.82) is 0 Å². The molecule has 24 heavy (non-hydrogen) atoms. The quantitative estimate of drug-likeness (QED) is 0.350. The van der Waals surface area contributed by atoms with Gasteiger partial charge in [0.2, 0.25) is 0 Å². The highest BCUT2D eigenvalue weighted by atomic mass is 127. The van der Waals surface area contributed by atoms with E-state index < -0.39 is 9.84 Å². The summed E-state index contributed by atoms with van der Waals surface area (Å²) in [7, 11) is -1.21. The first kappa shape index (κ1) is 23.6. The molecule has 9 heteroatoms. The molecule has 1 aromatic rings. The number of guanidine groups is 1. The van der Waals surface area contributed by atoms with Crippen molar-refractivity contribution in [2.45, 2.75) is 40.7 Å². The molecule has 1 heterocycles. The largest absolute Gasteiger partial charge is 0.356 e. The van der Waals surface area contributed by atoms with E-state index >= 15 is 0 Å². The summed E-state index contributed by atoms with van der Waals surface area (Å²) in [5.74, 6) is 0.897. The Bertz CT molecular complexity index is 635. The van der Waals surface area contributed by atoms with E-state index in [1.165, 1.54) is 11.1 Å². The first-order valence-corrected chi connectivity index (χ1v) is 10.5. The first-order valence-electron chi connectivity index (χ1n) is 7.57. The van der Waals surface area contributed by atoms with Crippen molar-refractivity contribution in [1.82, 2.24) is 15.6 Å². The van der Waals surface area contributed by atoms with Crippen LogP contribution >= 0.6 is 35.3 Å². The normalized spacial score (nSPS) is 12.7. The Kier molecular flexibility index (Phi) is 9.73. The predicted molar refractivity (Wildman–Crippen MR) is 113 cm³/mol. The zero-order valence-electron chi connectivity index (χ0n) is 15.3. The second-order valence-corrected chi connectivity index (χ2v) is 10.1. The van der Waals surface area contributed by atoms with Gasteiger partial charge in [-0.1, -0.05) is 13.8 Å². The number of aryl methyl sites for hydroxylation is 2. The Morgan fingerprint density at radius 3 is 2.38 bits per heavy atom. The summed E-state index contributed by atoms with van der Waals surface area (Å²) in [6, 6.07) is 0. The highest BCUT2D eigenvalue weighted by Crippen LogP contribution is 2.20. The van der Waals surface area contributed by atoms with Crippen molar-refractivity contribution in [3.8, 4) is 0 Å². The van der Waals surface area contributed by atoms with Crippen molar-refractivity contribution in [3.05, 3.63) is 15.6 Å². The predicted octanol–water partition coefficient (Wildman–Crippen LogP) is 2.50. The Morgan fingerprint density at radius 2 is 1.92 bits per heavy atom. The first-order chi connectivity index (χ1) is 10.5. The molecule has 0 atom stereocenters. The van der Waals surface area contributed by atoms with Gasteiger partial charge < -0.3 is 10.6 Å². The van der Waals surface area contributed by atoms with E-state index in [0.717, 1.165) is 10.7 Å². The fourth-order valence-electron chi connectivity index (χ4n) is 1.87. The summed E-state index contributed by atoms with van der Waals surface area (Å²) in [4.78, 5) is 9.91. The number of hydrogen-bond acceptors (Lipinski definition) is 5. The van der Waals surface area contributed by atoms with Crippen LogP contribution in [0.5, 0.6) is 0 Å². The lowest BCUT2D eigenvalue weighted by Crippen LogP contribution is -2.42. The molecule has 0 amide bonds. The summed E-state index contributed by atoms with van der Waals surface area (Å²) in [5.41, 5.74) is 0.936. The summed E-state index contributed by atoms with van der Waals surface area (Å²) >= 11 is 1.68. The van der Waals surface area contributed by atoms with Crippen LogP contribution in [0.25, 0.3) is 0 Å². The van der Waals surface area contributed by atoms with Gasteiger partial charge in [-0.15, -0.1) is 35.3 Å². The van der Waals surface area contributed by atoms with E-state index in [1.54, 1.807) is 18.4 Å². The lowest BCUT2D eigenvalue weighted by atomic mass is 9.90. The summed E-state index contributed by atoms with van der Waals surface area (Å²) in [6.45, 7) is 9.44. The van der Waals surface area contributed by atoms with Crippen molar-refractivity contribution < 1.29 is 8.42 Å². The zero-order chi connectivity index (χ0) is 17.7. The fraction of sp³-hybridized carbons (Fsp3) is 0.733. The smallest absolute Gasteiger partial charge is 0.191 e. The van der Waals surface area contributed by atoms with Crippen molar-refractivity contribution in [2.75, 3.05) is 25.6 Å². The lowest BCUT2D eigenvalue weighted by molar-refractivity contribution is 0.348. The van der Waals surface area contributed by atoms with Gasteiger partial charge in [0.25, 0.3) is 0 Å². The van der Waals surface area contributed by atoms with Gasteiger partial charge in [-0.25, -0.2) is 13.4 Å². The van der Waals surface area contributed by atoms with Gasteiger partial charge in [0.15, 0.2) is 5.96 Å². The van der Waals surface area contributed by atoms with Gasteiger partial charge in [-0.3, -0.25) is 4.99 Å². The van der Waals surface area contributed by atoms with Gasteiger partial charge in [-0.2, -0.15) is 0 Å². The topological polar surface area (TPSA) is 83.4 Å². The van der Waals surface area contributed by atoms with Gasteiger partial charge in [0.1, 0.15) is 14.8 Å². The second-order valence-electron chi connectivity index (χ2n) is 6.57. The van der Waals surface area contributed by atoms with Crippen LogP contribution in [0, 0.1) is 19.3 Å². The van der Waals surface area contributed by atoms with E-state index in [1.807, 2.05) is 20.8 Å². The van der Waals surface area contributed by atoms with E-state index in [2.05, 4.69) is 27.5 Å². The summed E-state index contributed by atoms with van der Waals surface area (Å²) < 4.78 is 22.6. The molecule has 0 aliphatic rings. The average molecular weight is 488 g/mol. The minimum Gasteiger partial charge on any atom is -0.356 e. The molecule has 1 rings (SSSR count). The maximum Gasteiger partial charge on any atom is 0.191 e. The van der Waals surface area contributed by atoms with Gasteiger partial charge in [0.05, 0.1) is 18.0 Å². The number of thiazole rings is 1. The van der Waals surface area contributed by atoms with Gasteiger partial charge in [0, 0.05) is 24.7 Å². The molecule has 0 spiro atoms. The summed E-state index contributed by atoms with van der Waals surface area (Å²) in [6.07, 6.45) is 1.88. The number of aromatic nitrogens is 1. The lowest BCUT2D eigenvalue weighted by Gasteiger charge is -2.25. The number of halogens is 1. The Labute approximate surface area is 166 Å². The second kappa shape index (κ2) is 9.91. The maximum atomic E-state index is 11.3. The highest BCUT2D eigenvalue weighted by Gasteiger charge is 2.20. The zero-order valence-corrected chi connectivity index (χ0v) is 19.2. The van der Waals surface area contributed by atoms with Gasteiger partial charge >= 0.3 is 0 Å². The third-order valence-corrected chi connectivity index (χ3v) is 5.61. The Balaban J connectivity index is 0.00000529. The molecule has 0 aromatic carbocycles. The molecule has 140 valence electrons. The molecule has 2 N–H and O–H groups in total. The number of nitrogens with zero attached hydrogens (tertiary/aromatic N) is 2.